The Kier molecular flexibility index (Phi) is 3.07. The Labute approximate surface area is 69.6 Å². The lowest BCUT2D eigenvalue weighted by molar-refractivity contribution is 0.0571. The molecule has 0 saturated heterocycles. The van der Waals surface area contributed by atoms with Gasteiger partial charge in [0.2, 0.25) is 0 Å². The van der Waals surface area contributed by atoms with Crippen LogP contribution < -0.4 is 4.74 Å². The zero-order chi connectivity index (χ0) is 8.97. The van der Waals surface area contributed by atoms with E-state index < -0.39 is 6.10 Å². The van der Waals surface area contributed by atoms with E-state index in [0.717, 1.165) is 0 Å². The molecule has 1 aromatic heterocycles. The van der Waals surface area contributed by atoms with Crippen LogP contribution >= 0.6 is 0 Å². The Morgan fingerprint density at radius 1 is 1.58 bits per heavy atom. The van der Waals surface area contributed by atoms with Gasteiger partial charge in [-0.05, 0) is 12.1 Å². The van der Waals surface area contributed by atoms with Crippen LogP contribution in [0.5, 0.6) is 5.88 Å². The summed E-state index contributed by atoms with van der Waals surface area (Å²) in [5.74, 6) is 0.903. The highest BCUT2D eigenvalue weighted by molar-refractivity contribution is 5.09. The first kappa shape index (κ1) is 9.02. The molecule has 68 valence electrons. The highest BCUT2D eigenvalue weighted by Crippen LogP contribution is 2.11. The molecule has 0 aliphatic heterocycles. The van der Waals surface area contributed by atoms with Gasteiger partial charge in [0.15, 0.2) is 0 Å². The van der Waals surface area contributed by atoms with Crippen LogP contribution in [0.1, 0.15) is 5.76 Å². The fraction of sp³-hybridized carbons (Fsp3) is 0.571. The third kappa shape index (κ3) is 2.21. The number of aryl methyl sites for hydroxylation is 1. The summed E-state index contributed by atoms with van der Waals surface area (Å²) in [4.78, 5) is 0. The van der Waals surface area contributed by atoms with Crippen LogP contribution in [0.15, 0.2) is 10.6 Å². The standard InChI is InChI=1S/C7H11NO4/c1-5-2-7(8-12-5)11-6(3-9)4-10/h2,6,9-10H,3-4H2,1H3. The van der Waals surface area contributed by atoms with Crippen molar-refractivity contribution in [2.45, 2.75) is 13.0 Å². The lowest BCUT2D eigenvalue weighted by atomic mass is 10.4. The van der Waals surface area contributed by atoms with Gasteiger partial charge in [-0.2, -0.15) is 0 Å². The Bertz CT molecular complexity index is 231. The molecule has 0 aliphatic rings. The molecular weight excluding hydrogens is 162 g/mol. The second kappa shape index (κ2) is 4.08. The van der Waals surface area contributed by atoms with Crippen LogP contribution in [0.4, 0.5) is 0 Å². The van der Waals surface area contributed by atoms with Crippen LogP contribution in [0.25, 0.3) is 0 Å². The van der Waals surface area contributed by atoms with Crippen molar-refractivity contribution in [2.24, 2.45) is 0 Å². The molecule has 2 N–H and O–H groups in total. The first-order valence-corrected chi connectivity index (χ1v) is 3.58. The van der Waals surface area contributed by atoms with Crippen LogP contribution in [0, 0.1) is 6.92 Å². The minimum atomic E-state index is -0.630. The first-order chi connectivity index (χ1) is 5.76. The molecule has 0 spiro atoms. The predicted molar refractivity (Wildman–Crippen MR) is 39.8 cm³/mol. The quantitative estimate of drug-likeness (QED) is 0.654. The third-order valence-electron chi connectivity index (χ3n) is 1.30. The van der Waals surface area contributed by atoms with Crippen molar-refractivity contribution in [3.63, 3.8) is 0 Å². The summed E-state index contributed by atoms with van der Waals surface area (Å²) in [5.41, 5.74) is 0. The summed E-state index contributed by atoms with van der Waals surface area (Å²) in [6.45, 7) is 1.23. The molecule has 0 fully saturated rings. The molecule has 0 atom stereocenters. The molecule has 0 radical (unpaired) electrons. The molecule has 0 aromatic carbocycles. The number of rotatable bonds is 4. The fourth-order valence-electron chi connectivity index (χ4n) is 0.702. The number of hydrogen-bond acceptors (Lipinski definition) is 5. The van der Waals surface area contributed by atoms with Gasteiger partial charge in [-0.1, -0.05) is 0 Å². The van der Waals surface area contributed by atoms with E-state index in [4.69, 9.17) is 19.5 Å². The normalized spacial score (nSPS) is 10.7. The summed E-state index contributed by atoms with van der Waals surface area (Å²) in [7, 11) is 0. The van der Waals surface area contributed by atoms with E-state index in [2.05, 4.69) is 5.16 Å². The number of aliphatic hydroxyl groups is 2. The Hall–Kier alpha value is -1.07. The van der Waals surface area contributed by atoms with Crippen molar-refractivity contribution in [3.05, 3.63) is 11.8 Å². The molecule has 0 bridgehead atoms. The van der Waals surface area contributed by atoms with Gasteiger partial charge in [0.1, 0.15) is 11.9 Å². The van der Waals surface area contributed by atoms with Gasteiger partial charge >= 0.3 is 0 Å². The number of nitrogens with zero attached hydrogens (tertiary/aromatic N) is 1. The van der Waals surface area contributed by atoms with E-state index in [-0.39, 0.29) is 19.1 Å². The molecule has 1 heterocycles. The number of aromatic nitrogens is 1. The van der Waals surface area contributed by atoms with Gasteiger partial charge in [-0.3, -0.25) is 0 Å². The number of aliphatic hydroxyl groups excluding tert-OH is 2. The number of ether oxygens (including phenoxy) is 1. The maximum atomic E-state index is 8.65. The monoisotopic (exact) mass is 173 g/mol. The van der Waals surface area contributed by atoms with E-state index in [9.17, 15) is 0 Å². The fourth-order valence-corrected chi connectivity index (χ4v) is 0.702. The van der Waals surface area contributed by atoms with Crippen LogP contribution in [-0.4, -0.2) is 34.7 Å². The zero-order valence-corrected chi connectivity index (χ0v) is 6.73. The van der Waals surface area contributed by atoms with Crippen LogP contribution in [0.3, 0.4) is 0 Å². The highest BCUT2D eigenvalue weighted by atomic mass is 16.6. The molecule has 1 rings (SSSR count). The summed E-state index contributed by atoms with van der Waals surface area (Å²) >= 11 is 0. The molecule has 0 unspecified atom stereocenters. The van der Waals surface area contributed by atoms with E-state index >= 15 is 0 Å². The van der Waals surface area contributed by atoms with Gasteiger partial charge in [0.25, 0.3) is 5.88 Å². The topological polar surface area (TPSA) is 75.7 Å². The molecule has 0 amide bonds. The summed E-state index contributed by atoms with van der Waals surface area (Å²) in [6, 6.07) is 1.58. The van der Waals surface area contributed by atoms with Crippen molar-refractivity contribution in [2.75, 3.05) is 13.2 Å². The average molecular weight is 173 g/mol. The summed E-state index contributed by atoms with van der Waals surface area (Å²) in [5, 5.41) is 20.8. The lowest BCUT2D eigenvalue weighted by Gasteiger charge is -2.10. The highest BCUT2D eigenvalue weighted by Gasteiger charge is 2.09. The Balaban J connectivity index is 2.50. The Morgan fingerprint density at radius 3 is 2.67 bits per heavy atom. The van der Waals surface area contributed by atoms with E-state index in [1.807, 2.05) is 0 Å². The Morgan fingerprint density at radius 2 is 2.25 bits per heavy atom. The molecule has 0 aliphatic carbocycles. The molecule has 1 aromatic rings. The van der Waals surface area contributed by atoms with Crippen molar-refractivity contribution in [1.29, 1.82) is 0 Å². The van der Waals surface area contributed by atoms with Crippen molar-refractivity contribution in [1.82, 2.24) is 5.16 Å². The minimum Gasteiger partial charge on any atom is -0.467 e. The molecule has 5 nitrogen and oxygen atoms in total. The SMILES string of the molecule is Cc1cc(OC(CO)CO)no1. The average Bonchev–Trinajstić information content (AvgIpc) is 2.47. The van der Waals surface area contributed by atoms with Gasteiger partial charge < -0.3 is 19.5 Å². The van der Waals surface area contributed by atoms with Crippen molar-refractivity contribution < 1.29 is 19.5 Å². The van der Waals surface area contributed by atoms with Gasteiger partial charge in [0.05, 0.1) is 13.2 Å². The number of hydrogen-bond donors (Lipinski definition) is 2. The van der Waals surface area contributed by atoms with Gasteiger partial charge in [-0.25, -0.2) is 0 Å². The molecule has 12 heavy (non-hydrogen) atoms. The van der Waals surface area contributed by atoms with Gasteiger partial charge in [0, 0.05) is 6.07 Å². The van der Waals surface area contributed by atoms with E-state index in [1.54, 1.807) is 13.0 Å². The predicted octanol–water partition coefficient (Wildman–Crippen LogP) is -0.285. The maximum absolute atomic E-state index is 8.65. The van der Waals surface area contributed by atoms with Crippen molar-refractivity contribution in [3.8, 4) is 5.88 Å². The largest absolute Gasteiger partial charge is 0.467 e. The van der Waals surface area contributed by atoms with Crippen LogP contribution in [-0.2, 0) is 0 Å². The lowest BCUT2D eigenvalue weighted by Crippen LogP contribution is -2.25. The molecule has 5 heteroatoms. The zero-order valence-electron chi connectivity index (χ0n) is 6.73. The van der Waals surface area contributed by atoms with E-state index in [1.165, 1.54) is 0 Å². The maximum Gasteiger partial charge on any atom is 0.254 e. The minimum absolute atomic E-state index is 0.248. The summed E-state index contributed by atoms with van der Waals surface area (Å²) in [6.07, 6.45) is -0.630. The summed E-state index contributed by atoms with van der Waals surface area (Å²) < 4.78 is 9.74. The first-order valence-electron chi connectivity index (χ1n) is 3.58. The van der Waals surface area contributed by atoms with Crippen LogP contribution in [0.2, 0.25) is 0 Å². The molecule has 0 saturated carbocycles. The van der Waals surface area contributed by atoms with E-state index in [0.29, 0.717) is 5.76 Å². The smallest absolute Gasteiger partial charge is 0.254 e. The van der Waals surface area contributed by atoms with Crippen molar-refractivity contribution >= 4 is 0 Å². The van der Waals surface area contributed by atoms with Gasteiger partial charge in [-0.15, -0.1) is 0 Å². The second-order valence-electron chi connectivity index (χ2n) is 2.38. The third-order valence-corrected chi connectivity index (χ3v) is 1.30. The second-order valence-corrected chi connectivity index (χ2v) is 2.38. The molecular formula is C7H11NO4.